The van der Waals surface area contributed by atoms with Gasteiger partial charge in [0.1, 0.15) is 5.82 Å². The molecule has 0 bridgehead atoms. The third kappa shape index (κ3) is 1.90. The Morgan fingerprint density at radius 1 is 1.19 bits per heavy atom. The fourth-order valence-electron chi connectivity index (χ4n) is 1.51. The van der Waals surface area contributed by atoms with E-state index < -0.39 is 0 Å². The first-order valence-electron chi connectivity index (χ1n) is 4.77. The predicted molar refractivity (Wildman–Crippen MR) is 66.8 cm³/mol. The number of aryl methyl sites for hydroxylation is 1. The van der Waals surface area contributed by atoms with Gasteiger partial charge in [-0.15, -0.1) is 0 Å². The Kier molecular flexibility index (Phi) is 2.62. The van der Waals surface area contributed by atoms with Gasteiger partial charge in [-0.2, -0.15) is 0 Å². The first-order chi connectivity index (χ1) is 7.58. The summed E-state index contributed by atoms with van der Waals surface area (Å²) >= 11 is 4.83. The maximum Gasteiger partial charge on any atom is 0.261 e. The molecule has 1 heterocycles. The van der Waals surface area contributed by atoms with Gasteiger partial charge in [0.2, 0.25) is 0 Å². The Balaban J connectivity index is 2.69. The van der Waals surface area contributed by atoms with Crippen LogP contribution in [0.2, 0.25) is 0 Å². The van der Waals surface area contributed by atoms with E-state index >= 15 is 0 Å². The lowest BCUT2D eigenvalue weighted by atomic mass is 10.1. The van der Waals surface area contributed by atoms with E-state index in [-0.39, 0.29) is 16.1 Å². The molecular weight excluding hydrogens is 222 g/mol. The molecule has 2 rings (SSSR count). The third-order valence-electron chi connectivity index (χ3n) is 2.31. The molecule has 0 saturated carbocycles. The van der Waals surface area contributed by atoms with Crippen LogP contribution < -0.4 is 11.3 Å². The summed E-state index contributed by atoms with van der Waals surface area (Å²) in [6, 6.07) is 7.56. The van der Waals surface area contributed by atoms with Gasteiger partial charge in [0.05, 0.1) is 5.56 Å². The van der Waals surface area contributed by atoms with Gasteiger partial charge in [-0.1, -0.05) is 29.8 Å². The van der Waals surface area contributed by atoms with Crippen LogP contribution in [0.4, 0.5) is 5.82 Å². The minimum Gasteiger partial charge on any atom is -0.385 e. The highest BCUT2D eigenvalue weighted by Gasteiger charge is 2.07. The third-order valence-corrected chi connectivity index (χ3v) is 2.52. The second kappa shape index (κ2) is 3.94. The largest absolute Gasteiger partial charge is 0.385 e. The zero-order valence-electron chi connectivity index (χ0n) is 8.70. The molecular formula is C11H11N3OS. The molecule has 5 heteroatoms. The zero-order chi connectivity index (χ0) is 11.7. The van der Waals surface area contributed by atoms with Gasteiger partial charge in [-0.3, -0.25) is 9.78 Å². The van der Waals surface area contributed by atoms with Crippen molar-refractivity contribution >= 4 is 18.0 Å². The number of hydrogen-bond acceptors (Lipinski definition) is 3. The van der Waals surface area contributed by atoms with Crippen LogP contribution in [-0.4, -0.2) is 9.97 Å². The monoisotopic (exact) mass is 233 g/mol. The number of anilines is 1. The average Bonchev–Trinajstić information content (AvgIpc) is 2.19. The van der Waals surface area contributed by atoms with Gasteiger partial charge >= 0.3 is 0 Å². The minimum atomic E-state index is -0.273. The quantitative estimate of drug-likeness (QED) is 0.659. The van der Waals surface area contributed by atoms with Crippen molar-refractivity contribution in [3.05, 3.63) is 45.0 Å². The first-order valence-corrected chi connectivity index (χ1v) is 5.18. The molecule has 0 spiro atoms. The summed E-state index contributed by atoms with van der Waals surface area (Å²) in [5, 5.41) is 0. The van der Waals surface area contributed by atoms with Gasteiger partial charge in [-0.25, -0.2) is 0 Å². The van der Waals surface area contributed by atoms with Gasteiger partial charge in [0, 0.05) is 0 Å². The Labute approximate surface area is 97.2 Å². The van der Waals surface area contributed by atoms with E-state index in [1.54, 1.807) is 0 Å². The lowest BCUT2D eigenvalue weighted by Crippen LogP contribution is -2.13. The Hall–Kier alpha value is -1.88. The summed E-state index contributed by atoms with van der Waals surface area (Å²) in [7, 11) is 0. The van der Waals surface area contributed by atoms with Crippen LogP contribution in [0.3, 0.4) is 0 Å². The fraction of sp³-hybridized carbons (Fsp3) is 0.0909. The number of nitrogen functional groups attached to an aromatic ring is 1. The van der Waals surface area contributed by atoms with Crippen molar-refractivity contribution in [1.29, 1.82) is 0 Å². The summed E-state index contributed by atoms with van der Waals surface area (Å²) in [5.74, 6) is 0.289. The molecule has 0 fully saturated rings. The summed E-state index contributed by atoms with van der Waals surface area (Å²) in [5.41, 5.74) is 7.80. The van der Waals surface area contributed by atoms with E-state index in [0.717, 1.165) is 11.1 Å². The fourth-order valence-corrected chi connectivity index (χ4v) is 1.71. The van der Waals surface area contributed by atoms with Crippen molar-refractivity contribution in [3.63, 3.8) is 0 Å². The second-order valence-corrected chi connectivity index (χ2v) is 3.97. The molecule has 0 aliphatic rings. The summed E-state index contributed by atoms with van der Waals surface area (Å²) < 4.78 is 0.235. The highest BCUT2D eigenvalue weighted by molar-refractivity contribution is 7.71. The van der Waals surface area contributed by atoms with Crippen molar-refractivity contribution in [1.82, 2.24) is 9.97 Å². The summed E-state index contributed by atoms with van der Waals surface area (Å²) in [6.45, 7) is 1.98. The van der Waals surface area contributed by atoms with E-state index in [1.807, 2.05) is 31.2 Å². The lowest BCUT2D eigenvalue weighted by molar-refractivity contribution is 1.10. The normalized spacial score (nSPS) is 10.3. The second-order valence-electron chi connectivity index (χ2n) is 3.56. The van der Waals surface area contributed by atoms with Gasteiger partial charge in [0.15, 0.2) is 4.77 Å². The maximum absolute atomic E-state index is 11.7. The molecule has 0 atom stereocenters. The molecule has 16 heavy (non-hydrogen) atoms. The molecule has 0 aliphatic carbocycles. The van der Waals surface area contributed by atoms with Gasteiger partial charge < -0.3 is 10.7 Å². The molecule has 0 aliphatic heterocycles. The molecule has 0 saturated heterocycles. The van der Waals surface area contributed by atoms with Crippen LogP contribution >= 0.6 is 12.2 Å². The van der Waals surface area contributed by atoms with Crippen molar-refractivity contribution in [2.45, 2.75) is 6.92 Å². The first kappa shape index (κ1) is 10.6. The lowest BCUT2D eigenvalue weighted by Gasteiger charge is -2.04. The number of benzene rings is 1. The topological polar surface area (TPSA) is 74.7 Å². The zero-order valence-corrected chi connectivity index (χ0v) is 9.52. The summed E-state index contributed by atoms with van der Waals surface area (Å²) in [4.78, 5) is 17.0. The van der Waals surface area contributed by atoms with Crippen LogP contribution in [-0.2, 0) is 0 Å². The molecule has 2 aromatic rings. The molecule has 0 radical (unpaired) electrons. The standard InChI is InChI=1S/C11H11N3OS/c1-6-2-4-7(5-3-6)8-9(12)13-11(16)14-10(8)15/h2-5H,1H3,(H4,12,13,14,15,16). The van der Waals surface area contributed by atoms with Crippen LogP contribution in [0.5, 0.6) is 0 Å². The van der Waals surface area contributed by atoms with E-state index in [0.29, 0.717) is 5.56 Å². The SMILES string of the molecule is Cc1ccc(-c2c(N)[nH]c(=S)[nH]c2=O)cc1. The Bertz CT molecular complexity index is 625. The number of nitrogens with one attached hydrogen (secondary N) is 2. The Morgan fingerprint density at radius 2 is 1.81 bits per heavy atom. The highest BCUT2D eigenvalue weighted by Crippen LogP contribution is 2.19. The molecule has 1 aromatic carbocycles. The summed E-state index contributed by atoms with van der Waals surface area (Å²) in [6.07, 6.45) is 0. The van der Waals surface area contributed by atoms with Crippen LogP contribution in [0.1, 0.15) is 5.56 Å². The van der Waals surface area contributed by atoms with E-state index in [1.165, 1.54) is 0 Å². The number of aromatic amines is 2. The highest BCUT2D eigenvalue weighted by atomic mass is 32.1. The number of aromatic nitrogens is 2. The van der Waals surface area contributed by atoms with Crippen LogP contribution in [0, 0.1) is 11.7 Å². The van der Waals surface area contributed by atoms with Crippen molar-refractivity contribution in [2.75, 3.05) is 5.73 Å². The molecule has 0 unspecified atom stereocenters. The van der Waals surface area contributed by atoms with E-state index in [9.17, 15) is 4.79 Å². The number of rotatable bonds is 1. The molecule has 0 amide bonds. The molecule has 4 nitrogen and oxygen atoms in total. The Morgan fingerprint density at radius 3 is 2.38 bits per heavy atom. The van der Waals surface area contributed by atoms with Crippen molar-refractivity contribution in [2.24, 2.45) is 0 Å². The number of H-pyrrole nitrogens is 2. The predicted octanol–water partition coefficient (Wildman–Crippen LogP) is 1.99. The average molecular weight is 233 g/mol. The minimum absolute atomic E-state index is 0.235. The van der Waals surface area contributed by atoms with Gasteiger partial charge in [0.25, 0.3) is 5.56 Å². The van der Waals surface area contributed by atoms with E-state index in [4.69, 9.17) is 18.0 Å². The number of nitrogens with two attached hydrogens (primary N) is 1. The van der Waals surface area contributed by atoms with Crippen LogP contribution in [0.15, 0.2) is 29.1 Å². The van der Waals surface area contributed by atoms with Crippen molar-refractivity contribution in [3.8, 4) is 11.1 Å². The molecule has 82 valence electrons. The maximum atomic E-state index is 11.7. The van der Waals surface area contributed by atoms with Crippen molar-refractivity contribution < 1.29 is 0 Å². The van der Waals surface area contributed by atoms with E-state index in [2.05, 4.69) is 9.97 Å². The van der Waals surface area contributed by atoms with Crippen LogP contribution in [0.25, 0.3) is 11.1 Å². The molecule has 4 N–H and O–H groups in total. The smallest absolute Gasteiger partial charge is 0.261 e. The molecule has 1 aromatic heterocycles. The van der Waals surface area contributed by atoms with Gasteiger partial charge in [-0.05, 0) is 24.7 Å². The number of hydrogen-bond donors (Lipinski definition) is 3.